The molecule has 0 bridgehead atoms. The number of rotatable bonds is 5. The van der Waals surface area contributed by atoms with Gasteiger partial charge in [-0.2, -0.15) is 4.98 Å². The van der Waals surface area contributed by atoms with Gasteiger partial charge in [-0.1, -0.05) is 11.6 Å². The number of aryl methyl sites for hydroxylation is 1. The van der Waals surface area contributed by atoms with Gasteiger partial charge in [0.2, 0.25) is 5.95 Å². The third-order valence-electron chi connectivity index (χ3n) is 4.67. The number of benzene rings is 2. The average molecular weight is 412 g/mol. The fourth-order valence-electron chi connectivity index (χ4n) is 3.07. The summed E-state index contributed by atoms with van der Waals surface area (Å²) in [5.74, 6) is 1.20. The largest absolute Gasteiger partial charge is 0.508 e. The average Bonchev–Trinajstić information content (AvgIpc) is 2.74. The van der Waals surface area contributed by atoms with E-state index in [0.29, 0.717) is 22.5 Å². The van der Waals surface area contributed by atoms with E-state index in [1.807, 2.05) is 19.1 Å². The molecular formula is C21H22ClN5O2. The van der Waals surface area contributed by atoms with Crippen molar-refractivity contribution in [3.05, 3.63) is 59.2 Å². The van der Waals surface area contributed by atoms with E-state index in [1.54, 1.807) is 18.3 Å². The second-order valence-corrected chi connectivity index (χ2v) is 7.19. The number of phenols is 1. The zero-order chi connectivity index (χ0) is 20.2. The molecule has 0 amide bonds. The Morgan fingerprint density at radius 2 is 1.83 bits per heavy atom. The highest BCUT2D eigenvalue weighted by atomic mass is 35.5. The molecule has 1 aromatic heterocycles. The molecule has 8 heteroatoms. The lowest BCUT2D eigenvalue weighted by atomic mass is 10.2. The van der Waals surface area contributed by atoms with Crippen molar-refractivity contribution >= 4 is 40.4 Å². The number of nitrogens with zero attached hydrogens (tertiary/aromatic N) is 3. The monoisotopic (exact) mass is 411 g/mol. The van der Waals surface area contributed by atoms with Crippen molar-refractivity contribution in [2.24, 2.45) is 0 Å². The zero-order valence-corrected chi connectivity index (χ0v) is 16.8. The molecule has 1 aliphatic rings. The predicted molar refractivity (Wildman–Crippen MR) is 116 cm³/mol. The molecule has 0 spiro atoms. The van der Waals surface area contributed by atoms with Gasteiger partial charge in [0.15, 0.2) is 0 Å². The number of anilines is 5. The van der Waals surface area contributed by atoms with E-state index in [1.165, 1.54) is 11.8 Å². The van der Waals surface area contributed by atoms with Gasteiger partial charge in [0.05, 0.1) is 23.9 Å². The first-order chi connectivity index (χ1) is 14.1. The predicted octanol–water partition coefficient (Wildman–Crippen LogP) is 4.47. The molecule has 3 N–H and O–H groups in total. The summed E-state index contributed by atoms with van der Waals surface area (Å²) in [6.45, 7) is 5.23. The van der Waals surface area contributed by atoms with Gasteiger partial charge in [0.25, 0.3) is 0 Å². The number of ether oxygens (including phenoxy) is 1. The van der Waals surface area contributed by atoms with E-state index < -0.39 is 0 Å². The topological polar surface area (TPSA) is 82.5 Å². The summed E-state index contributed by atoms with van der Waals surface area (Å²) >= 11 is 6.20. The first-order valence-electron chi connectivity index (χ1n) is 9.37. The highest BCUT2D eigenvalue weighted by Gasteiger charge is 2.11. The van der Waals surface area contributed by atoms with Crippen LogP contribution in [-0.2, 0) is 4.74 Å². The Morgan fingerprint density at radius 1 is 1.07 bits per heavy atom. The number of nitrogens with one attached hydrogen (secondary N) is 2. The first kappa shape index (κ1) is 19.3. The fourth-order valence-corrected chi connectivity index (χ4v) is 3.24. The minimum absolute atomic E-state index is 0.127. The lowest BCUT2D eigenvalue weighted by Crippen LogP contribution is -2.36. The second kappa shape index (κ2) is 8.55. The summed E-state index contributed by atoms with van der Waals surface area (Å²) < 4.78 is 5.40. The summed E-state index contributed by atoms with van der Waals surface area (Å²) in [4.78, 5) is 11.2. The molecule has 4 rings (SSSR count). The van der Waals surface area contributed by atoms with Crippen LogP contribution in [0.2, 0.25) is 5.02 Å². The van der Waals surface area contributed by atoms with Crippen molar-refractivity contribution in [1.82, 2.24) is 9.97 Å². The van der Waals surface area contributed by atoms with E-state index >= 15 is 0 Å². The molecule has 0 saturated carbocycles. The lowest BCUT2D eigenvalue weighted by Gasteiger charge is -2.28. The van der Waals surface area contributed by atoms with Crippen LogP contribution in [0, 0.1) is 6.92 Å². The lowest BCUT2D eigenvalue weighted by molar-refractivity contribution is 0.122. The minimum atomic E-state index is 0.127. The Kier molecular flexibility index (Phi) is 5.69. The van der Waals surface area contributed by atoms with Crippen molar-refractivity contribution in [2.75, 3.05) is 41.8 Å². The molecule has 0 aliphatic carbocycles. The van der Waals surface area contributed by atoms with Gasteiger partial charge in [-0.3, -0.25) is 0 Å². The van der Waals surface area contributed by atoms with Crippen LogP contribution in [0.4, 0.5) is 28.8 Å². The number of halogens is 1. The minimum Gasteiger partial charge on any atom is -0.508 e. The van der Waals surface area contributed by atoms with E-state index in [9.17, 15) is 5.11 Å². The highest BCUT2D eigenvalue weighted by molar-refractivity contribution is 6.33. The number of aromatic hydroxyl groups is 1. The van der Waals surface area contributed by atoms with Crippen molar-refractivity contribution in [3.63, 3.8) is 0 Å². The maximum absolute atomic E-state index is 9.70. The molecule has 1 fully saturated rings. The smallest absolute Gasteiger partial charge is 0.229 e. The Morgan fingerprint density at radius 3 is 2.59 bits per heavy atom. The molecule has 150 valence electrons. The number of hydrogen-bond donors (Lipinski definition) is 3. The number of morpholine rings is 1. The molecule has 0 radical (unpaired) electrons. The summed E-state index contributed by atoms with van der Waals surface area (Å²) in [5, 5.41) is 16.6. The fraction of sp³-hybridized carbons (Fsp3) is 0.238. The van der Waals surface area contributed by atoms with Gasteiger partial charge < -0.3 is 25.4 Å². The second-order valence-electron chi connectivity index (χ2n) is 6.79. The van der Waals surface area contributed by atoms with Crippen molar-refractivity contribution < 1.29 is 9.84 Å². The van der Waals surface area contributed by atoms with E-state index in [0.717, 1.165) is 37.6 Å². The summed E-state index contributed by atoms with van der Waals surface area (Å²) in [5.41, 5.74) is 3.50. The van der Waals surface area contributed by atoms with E-state index in [-0.39, 0.29) is 5.75 Å². The quantitative estimate of drug-likeness (QED) is 0.571. The van der Waals surface area contributed by atoms with Crippen LogP contribution < -0.4 is 15.5 Å². The SMILES string of the molecule is Cc1cnc(Nc2ccc(N3CCOCC3)cc2)nc1Nc1cc(O)ccc1Cl. The Hall–Kier alpha value is -3.03. The molecular weight excluding hydrogens is 390 g/mol. The molecule has 7 nitrogen and oxygen atoms in total. The summed E-state index contributed by atoms with van der Waals surface area (Å²) in [7, 11) is 0. The number of phenolic OH excluding ortho intramolecular Hbond substituents is 1. The van der Waals surface area contributed by atoms with Gasteiger partial charge in [-0.05, 0) is 43.3 Å². The number of aromatic nitrogens is 2. The van der Waals surface area contributed by atoms with Crippen LogP contribution in [0.5, 0.6) is 5.75 Å². The standard InChI is InChI=1S/C21H22ClN5O2/c1-14-13-23-21(26-20(14)25-19-12-17(28)6-7-18(19)22)24-15-2-4-16(5-3-15)27-8-10-29-11-9-27/h2-7,12-13,28H,8-11H2,1H3,(H2,23,24,25,26). The molecule has 0 atom stereocenters. The highest BCUT2D eigenvalue weighted by Crippen LogP contribution is 2.30. The third-order valence-corrected chi connectivity index (χ3v) is 5.00. The van der Waals surface area contributed by atoms with E-state index in [2.05, 4.69) is 37.6 Å². The zero-order valence-electron chi connectivity index (χ0n) is 16.0. The molecule has 1 saturated heterocycles. The third kappa shape index (κ3) is 4.70. The molecule has 2 aromatic carbocycles. The molecule has 3 aromatic rings. The molecule has 1 aliphatic heterocycles. The van der Waals surface area contributed by atoms with Gasteiger partial charge >= 0.3 is 0 Å². The maximum atomic E-state index is 9.70. The normalized spacial score (nSPS) is 13.9. The van der Waals surface area contributed by atoms with Gasteiger partial charge in [0, 0.05) is 42.3 Å². The van der Waals surface area contributed by atoms with Crippen molar-refractivity contribution in [3.8, 4) is 5.75 Å². The van der Waals surface area contributed by atoms with Crippen LogP contribution in [0.25, 0.3) is 0 Å². The van der Waals surface area contributed by atoms with Gasteiger partial charge in [-0.25, -0.2) is 4.98 Å². The van der Waals surface area contributed by atoms with Crippen molar-refractivity contribution in [2.45, 2.75) is 6.92 Å². The first-order valence-corrected chi connectivity index (χ1v) is 9.75. The summed E-state index contributed by atoms with van der Waals surface area (Å²) in [6, 6.07) is 12.9. The van der Waals surface area contributed by atoms with E-state index in [4.69, 9.17) is 16.3 Å². The van der Waals surface area contributed by atoms with Crippen LogP contribution in [0.1, 0.15) is 5.56 Å². The summed E-state index contributed by atoms with van der Waals surface area (Å²) in [6.07, 6.45) is 1.73. The Labute approximate surface area is 174 Å². The van der Waals surface area contributed by atoms with Crippen molar-refractivity contribution in [1.29, 1.82) is 0 Å². The van der Waals surface area contributed by atoms with Crippen LogP contribution in [0.15, 0.2) is 48.7 Å². The van der Waals surface area contributed by atoms with Crippen LogP contribution in [0.3, 0.4) is 0 Å². The molecule has 29 heavy (non-hydrogen) atoms. The molecule has 0 unspecified atom stereocenters. The van der Waals surface area contributed by atoms with Crippen LogP contribution in [-0.4, -0.2) is 41.4 Å². The van der Waals surface area contributed by atoms with Gasteiger partial charge in [-0.15, -0.1) is 0 Å². The van der Waals surface area contributed by atoms with Gasteiger partial charge in [0.1, 0.15) is 11.6 Å². The number of hydrogen-bond acceptors (Lipinski definition) is 7. The maximum Gasteiger partial charge on any atom is 0.229 e. The van der Waals surface area contributed by atoms with Crippen LogP contribution >= 0.6 is 11.6 Å². The Balaban J connectivity index is 1.49. The molecule has 2 heterocycles. The Bertz CT molecular complexity index is 991.